The number of aromatic nitrogens is 2. The molecule has 0 saturated heterocycles. The molecule has 0 bridgehead atoms. The number of nitrogens with zero attached hydrogens (tertiary/aromatic N) is 2. The third-order valence-corrected chi connectivity index (χ3v) is 4.02. The summed E-state index contributed by atoms with van der Waals surface area (Å²) in [5.41, 5.74) is 2.04. The lowest BCUT2D eigenvalue weighted by Gasteiger charge is -2.07. The van der Waals surface area contributed by atoms with Gasteiger partial charge in [-0.2, -0.15) is 0 Å². The lowest BCUT2D eigenvalue weighted by Crippen LogP contribution is -2.24. The smallest absolute Gasteiger partial charge is 0.261 e. The fourth-order valence-corrected chi connectivity index (χ4v) is 2.58. The lowest BCUT2D eigenvalue weighted by molar-refractivity contribution is 0.0970. The molecule has 3 aromatic rings. The summed E-state index contributed by atoms with van der Waals surface area (Å²) in [7, 11) is 0. The van der Waals surface area contributed by atoms with Crippen LogP contribution in [0.2, 0.25) is 5.02 Å². The van der Waals surface area contributed by atoms with Gasteiger partial charge in [0.15, 0.2) is 5.78 Å². The second-order valence-electron chi connectivity index (χ2n) is 5.31. The van der Waals surface area contributed by atoms with Gasteiger partial charge in [-0.25, -0.2) is 4.98 Å². The first-order valence-electron chi connectivity index (χ1n) is 7.35. The maximum atomic E-state index is 12.4. The average Bonchev–Trinajstić information content (AvgIpc) is 2.57. The minimum absolute atomic E-state index is 0.0319. The zero-order valence-electron chi connectivity index (χ0n) is 12.6. The SMILES string of the molecule is CCc1ccc(C(=O)Cn2cnc3cc(Cl)ccc3c2=O)cc1. The Morgan fingerprint density at radius 3 is 2.61 bits per heavy atom. The Morgan fingerprint density at radius 2 is 1.91 bits per heavy atom. The second kappa shape index (κ2) is 6.34. The predicted octanol–water partition coefficient (Wildman–Crippen LogP) is 3.50. The van der Waals surface area contributed by atoms with Crippen molar-refractivity contribution in [3.63, 3.8) is 0 Å². The normalized spacial score (nSPS) is 10.9. The fourth-order valence-electron chi connectivity index (χ4n) is 2.42. The van der Waals surface area contributed by atoms with Gasteiger partial charge in [-0.1, -0.05) is 42.8 Å². The van der Waals surface area contributed by atoms with E-state index in [0.29, 0.717) is 21.5 Å². The third kappa shape index (κ3) is 3.17. The summed E-state index contributed by atoms with van der Waals surface area (Å²) in [4.78, 5) is 29.0. The number of rotatable bonds is 4. The maximum Gasteiger partial charge on any atom is 0.261 e. The van der Waals surface area contributed by atoms with Crippen LogP contribution in [0.25, 0.3) is 10.9 Å². The van der Waals surface area contributed by atoms with Gasteiger partial charge in [0.05, 0.1) is 23.8 Å². The Kier molecular flexibility index (Phi) is 4.26. The number of carbonyl (C=O) groups excluding carboxylic acids is 1. The molecule has 0 saturated carbocycles. The van der Waals surface area contributed by atoms with Gasteiger partial charge < -0.3 is 0 Å². The van der Waals surface area contributed by atoms with Gasteiger partial charge in [0.1, 0.15) is 0 Å². The first kappa shape index (κ1) is 15.4. The molecule has 0 N–H and O–H groups in total. The van der Waals surface area contributed by atoms with Crippen molar-refractivity contribution in [1.82, 2.24) is 9.55 Å². The zero-order valence-corrected chi connectivity index (χ0v) is 13.4. The Hall–Kier alpha value is -2.46. The standard InChI is InChI=1S/C18H15ClN2O2/c1-2-12-3-5-13(6-4-12)17(22)10-21-11-20-16-9-14(19)7-8-15(16)18(21)23/h3-9,11H,2,10H2,1H3. The molecule has 0 aliphatic carbocycles. The van der Waals surface area contributed by atoms with Crippen molar-refractivity contribution in [2.24, 2.45) is 0 Å². The van der Waals surface area contributed by atoms with Gasteiger partial charge >= 0.3 is 0 Å². The summed E-state index contributed by atoms with van der Waals surface area (Å²) in [6.45, 7) is 2.03. The number of aryl methyl sites for hydroxylation is 1. The number of fused-ring (bicyclic) bond motifs is 1. The second-order valence-corrected chi connectivity index (χ2v) is 5.75. The largest absolute Gasteiger partial charge is 0.292 e. The monoisotopic (exact) mass is 326 g/mol. The Labute approximate surface area is 138 Å². The molecule has 2 aromatic carbocycles. The molecule has 0 unspecified atom stereocenters. The van der Waals surface area contributed by atoms with Crippen LogP contribution in [0, 0.1) is 0 Å². The number of halogens is 1. The molecule has 0 amide bonds. The van der Waals surface area contributed by atoms with E-state index in [-0.39, 0.29) is 17.9 Å². The Morgan fingerprint density at radius 1 is 1.17 bits per heavy atom. The Bertz CT molecular complexity index is 930. The highest BCUT2D eigenvalue weighted by Gasteiger charge is 2.10. The van der Waals surface area contributed by atoms with Crippen LogP contribution in [0.5, 0.6) is 0 Å². The molecule has 116 valence electrons. The number of carbonyl (C=O) groups is 1. The number of benzene rings is 2. The number of hydrogen-bond donors (Lipinski definition) is 0. The van der Waals surface area contributed by atoms with Crippen LogP contribution in [0.1, 0.15) is 22.8 Å². The highest BCUT2D eigenvalue weighted by Crippen LogP contribution is 2.14. The summed E-state index contributed by atoms with van der Waals surface area (Å²) in [6, 6.07) is 12.3. The highest BCUT2D eigenvalue weighted by atomic mass is 35.5. The van der Waals surface area contributed by atoms with Gasteiger partial charge in [-0.15, -0.1) is 0 Å². The predicted molar refractivity (Wildman–Crippen MR) is 91.2 cm³/mol. The summed E-state index contributed by atoms with van der Waals surface area (Å²) in [6.07, 6.45) is 2.31. The van der Waals surface area contributed by atoms with Gasteiger partial charge in [0, 0.05) is 10.6 Å². The van der Waals surface area contributed by atoms with Gasteiger partial charge in [0.25, 0.3) is 5.56 Å². The number of ketones is 1. The van der Waals surface area contributed by atoms with E-state index in [9.17, 15) is 9.59 Å². The molecular formula is C18H15ClN2O2. The summed E-state index contributed by atoms with van der Waals surface area (Å²) < 4.78 is 1.33. The number of hydrogen-bond acceptors (Lipinski definition) is 3. The van der Waals surface area contributed by atoms with E-state index >= 15 is 0 Å². The average molecular weight is 327 g/mol. The summed E-state index contributed by atoms with van der Waals surface area (Å²) in [5.74, 6) is -0.120. The van der Waals surface area contributed by atoms with E-state index in [1.165, 1.54) is 16.5 Å². The van der Waals surface area contributed by atoms with Crippen molar-refractivity contribution in [1.29, 1.82) is 0 Å². The topological polar surface area (TPSA) is 52.0 Å². The van der Waals surface area contributed by atoms with Crippen LogP contribution in [-0.4, -0.2) is 15.3 Å². The molecular weight excluding hydrogens is 312 g/mol. The molecule has 23 heavy (non-hydrogen) atoms. The minimum Gasteiger partial charge on any atom is -0.292 e. The van der Waals surface area contributed by atoms with Crippen LogP contribution in [0.15, 0.2) is 53.6 Å². The van der Waals surface area contributed by atoms with Crippen LogP contribution < -0.4 is 5.56 Å². The molecule has 5 heteroatoms. The summed E-state index contributed by atoms with van der Waals surface area (Å²) in [5, 5.41) is 0.972. The Balaban J connectivity index is 1.91. The zero-order chi connectivity index (χ0) is 16.4. The molecule has 0 aliphatic heterocycles. The van der Waals surface area contributed by atoms with Crippen molar-refractivity contribution in [3.05, 3.63) is 75.3 Å². The quantitative estimate of drug-likeness (QED) is 0.689. The molecule has 4 nitrogen and oxygen atoms in total. The van der Waals surface area contributed by atoms with Crippen molar-refractivity contribution in [2.75, 3.05) is 0 Å². The van der Waals surface area contributed by atoms with E-state index < -0.39 is 0 Å². The van der Waals surface area contributed by atoms with Crippen molar-refractivity contribution in [2.45, 2.75) is 19.9 Å². The number of Topliss-reactive ketones (excluding diaryl/α,β-unsaturated/α-hetero) is 1. The molecule has 0 radical (unpaired) electrons. The summed E-state index contributed by atoms with van der Waals surface area (Å²) >= 11 is 5.90. The van der Waals surface area contributed by atoms with Gasteiger partial charge in [-0.3, -0.25) is 14.2 Å². The van der Waals surface area contributed by atoms with E-state index in [1.54, 1.807) is 30.3 Å². The molecule has 0 spiro atoms. The maximum absolute atomic E-state index is 12.4. The third-order valence-electron chi connectivity index (χ3n) is 3.79. The molecule has 1 aromatic heterocycles. The van der Waals surface area contributed by atoms with Crippen molar-refractivity contribution in [3.8, 4) is 0 Å². The van der Waals surface area contributed by atoms with Crippen LogP contribution in [-0.2, 0) is 13.0 Å². The van der Waals surface area contributed by atoms with E-state index in [4.69, 9.17) is 11.6 Å². The van der Waals surface area contributed by atoms with Crippen LogP contribution in [0.4, 0.5) is 0 Å². The lowest BCUT2D eigenvalue weighted by atomic mass is 10.1. The molecule has 3 rings (SSSR count). The van der Waals surface area contributed by atoms with Crippen molar-refractivity contribution >= 4 is 28.3 Å². The van der Waals surface area contributed by atoms with Gasteiger partial charge in [0.2, 0.25) is 0 Å². The van der Waals surface area contributed by atoms with Gasteiger partial charge in [-0.05, 0) is 30.2 Å². The van der Waals surface area contributed by atoms with E-state index in [1.807, 2.05) is 12.1 Å². The minimum atomic E-state index is -0.245. The molecule has 0 aliphatic rings. The van der Waals surface area contributed by atoms with E-state index in [0.717, 1.165) is 6.42 Å². The van der Waals surface area contributed by atoms with E-state index in [2.05, 4.69) is 11.9 Å². The first-order valence-corrected chi connectivity index (χ1v) is 7.73. The molecule has 0 atom stereocenters. The fraction of sp³-hybridized carbons (Fsp3) is 0.167. The van der Waals surface area contributed by atoms with Crippen LogP contribution >= 0.6 is 11.6 Å². The molecule has 1 heterocycles. The first-order chi connectivity index (χ1) is 11.1. The van der Waals surface area contributed by atoms with Crippen molar-refractivity contribution < 1.29 is 4.79 Å². The molecule has 0 fully saturated rings. The van der Waals surface area contributed by atoms with Crippen LogP contribution in [0.3, 0.4) is 0 Å². The highest BCUT2D eigenvalue weighted by molar-refractivity contribution is 6.31.